The summed E-state index contributed by atoms with van der Waals surface area (Å²) in [5.74, 6) is 0. The van der Waals surface area contributed by atoms with Gasteiger partial charge in [-0.3, -0.25) is 0 Å². The van der Waals surface area contributed by atoms with Gasteiger partial charge in [0.25, 0.3) is 0 Å². The fraction of sp³-hybridized carbons (Fsp3) is 0.600. The molecule has 0 aliphatic rings. The third-order valence-electron chi connectivity index (χ3n) is 3.12. The van der Waals surface area contributed by atoms with Crippen molar-refractivity contribution in [2.45, 2.75) is 32.6 Å². The van der Waals surface area contributed by atoms with Crippen LogP contribution in [0.15, 0.2) is 18.2 Å². The number of benzene rings is 1. The van der Waals surface area contributed by atoms with Crippen LogP contribution in [-0.4, -0.2) is 33.4 Å². The maximum absolute atomic E-state index is 13.2. The highest BCUT2D eigenvalue weighted by atomic mass is 19.4. The Hall–Kier alpha value is -1.27. The van der Waals surface area contributed by atoms with Crippen molar-refractivity contribution in [2.24, 2.45) is 0 Å². The summed E-state index contributed by atoms with van der Waals surface area (Å²) in [6.45, 7) is 5.12. The summed E-state index contributed by atoms with van der Waals surface area (Å²) in [5, 5.41) is 3.12. The lowest BCUT2D eigenvalue weighted by Gasteiger charge is -2.24. The number of methoxy groups -OCH3 is 1. The fourth-order valence-electron chi connectivity index (χ4n) is 1.92. The third kappa shape index (κ3) is 5.55. The zero-order valence-electron chi connectivity index (χ0n) is 12.9. The maximum Gasteiger partial charge on any atom is 0.418 e. The number of nitrogens with zero attached hydrogens (tertiary/aromatic N) is 1. The molecule has 6 heteroatoms. The van der Waals surface area contributed by atoms with Crippen LogP contribution in [0.4, 0.5) is 18.9 Å². The molecule has 0 aliphatic heterocycles. The molecular weight excluding hydrogens is 281 g/mol. The van der Waals surface area contributed by atoms with Gasteiger partial charge in [-0.25, -0.2) is 0 Å². The van der Waals surface area contributed by atoms with E-state index in [2.05, 4.69) is 5.32 Å². The van der Waals surface area contributed by atoms with E-state index in [9.17, 15) is 13.2 Å². The van der Waals surface area contributed by atoms with E-state index >= 15 is 0 Å². The van der Waals surface area contributed by atoms with Crippen molar-refractivity contribution >= 4 is 5.69 Å². The van der Waals surface area contributed by atoms with Crippen LogP contribution in [0, 0.1) is 0 Å². The first-order chi connectivity index (χ1) is 9.75. The van der Waals surface area contributed by atoms with Gasteiger partial charge in [0.15, 0.2) is 0 Å². The first kappa shape index (κ1) is 17.8. The summed E-state index contributed by atoms with van der Waals surface area (Å²) < 4.78 is 44.6. The highest BCUT2D eigenvalue weighted by Crippen LogP contribution is 2.36. The van der Waals surface area contributed by atoms with E-state index in [1.165, 1.54) is 19.2 Å². The van der Waals surface area contributed by atoms with Crippen molar-refractivity contribution in [2.75, 3.05) is 32.2 Å². The van der Waals surface area contributed by atoms with E-state index in [0.717, 1.165) is 0 Å². The molecule has 0 heterocycles. The zero-order valence-corrected chi connectivity index (χ0v) is 12.9. The minimum atomic E-state index is -4.37. The standard InChI is InChI=1S/C15H23F3N2O/c1-11(2)19-10-12-5-6-14(20(3)7-8-21-4)13(9-12)15(16,17)18/h5-6,9,11,19H,7-8,10H2,1-4H3. The van der Waals surface area contributed by atoms with Crippen LogP contribution in [0.5, 0.6) is 0 Å². The summed E-state index contributed by atoms with van der Waals surface area (Å²) in [5.41, 5.74) is 0.192. The molecule has 0 bridgehead atoms. The monoisotopic (exact) mass is 304 g/mol. The van der Waals surface area contributed by atoms with Gasteiger partial charge in [-0.15, -0.1) is 0 Å². The average molecular weight is 304 g/mol. The second-order valence-corrected chi connectivity index (χ2v) is 5.30. The number of anilines is 1. The van der Waals surface area contributed by atoms with Crippen LogP contribution in [0.3, 0.4) is 0 Å². The molecule has 0 aromatic heterocycles. The first-order valence-electron chi connectivity index (χ1n) is 6.89. The summed E-state index contributed by atoms with van der Waals surface area (Å²) in [4.78, 5) is 1.56. The Labute approximate surface area is 124 Å². The number of ether oxygens (including phenoxy) is 1. The summed E-state index contributed by atoms with van der Waals surface area (Å²) in [6, 6.07) is 4.69. The quantitative estimate of drug-likeness (QED) is 0.836. The van der Waals surface area contributed by atoms with E-state index in [1.807, 2.05) is 13.8 Å². The molecule has 21 heavy (non-hydrogen) atoms. The lowest BCUT2D eigenvalue weighted by Crippen LogP contribution is -2.26. The Balaban J connectivity index is 3.02. The van der Waals surface area contributed by atoms with Gasteiger partial charge in [0.1, 0.15) is 0 Å². The van der Waals surface area contributed by atoms with Crippen LogP contribution in [0.2, 0.25) is 0 Å². The first-order valence-corrected chi connectivity index (χ1v) is 6.89. The molecule has 0 fully saturated rings. The van der Waals surface area contributed by atoms with E-state index in [1.54, 1.807) is 18.0 Å². The van der Waals surface area contributed by atoms with Crippen molar-refractivity contribution < 1.29 is 17.9 Å². The predicted molar refractivity (Wildman–Crippen MR) is 78.6 cm³/mol. The molecule has 1 N–H and O–H groups in total. The average Bonchev–Trinajstić information content (AvgIpc) is 2.41. The van der Waals surface area contributed by atoms with Gasteiger partial charge in [0.2, 0.25) is 0 Å². The molecular formula is C15H23F3N2O. The van der Waals surface area contributed by atoms with Gasteiger partial charge in [-0.1, -0.05) is 19.9 Å². The zero-order chi connectivity index (χ0) is 16.0. The van der Waals surface area contributed by atoms with Crippen LogP contribution in [0.1, 0.15) is 25.0 Å². The Morgan fingerprint density at radius 2 is 1.95 bits per heavy atom. The third-order valence-corrected chi connectivity index (χ3v) is 3.12. The van der Waals surface area contributed by atoms with Crippen LogP contribution in [-0.2, 0) is 17.5 Å². The van der Waals surface area contributed by atoms with Gasteiger partial charge >= 0.3 is 6.18 Å². The fourth-order valence-corrected chi connectivity index (χ4v) is 1.92. The molecule has 120 valence electrons. The lowest BCUT2D eigenvalue weighted by atomic mass is 10.1. The van der Waals surface area contributed by atoms with E-state index in [4.69, 9.17) is 4.74 Å². The van der Waals surface area contributed by atoms with Crippen LogP contribution < -0.4 is 10.2 Å². The number of nitrogens with one attached hydrogen (secondary N) is 1. The number of likely N-dealkylation sites (N-methyl/N-ethyl adjacent to an activating group) is 1. The van der Waals surface area contributed by atoms with Gasteiger partial charge < -0.3 is 15.0 Å². The summed E-state index contributed by atoms with van der Waals surface area (Å²) in [7, 11) is 3.16. The largest absolute Gasteiger partial charge is 0.418 e. The van der Waals surface area contributed by atoms with E-state index < -0.39 is 11.7 Å². The number of halogens is 3. The van der Waals surface area contributed by atoms with Gasteiger partial charge in [-0.2, -0.15) is 13.2 Å². The second-order valence-electron chi connectivity index (χ2n) is 5.30. The number of alkyl halides is 3. The van der Waals surface area contributed by atoms with E-state index in [-0.39, 0.29) is 11.7 Å². The van der Waals surface area contributed by atoms with Gasteiger partial charge in [0, 0.05) is 39.0 Å². The molecule has 0 aliphatic carbocycles. The van der Waals surface area contributed by atoms with Crippen molar-refractivity contribution in [3.63, 3.8) is 0 Å². The summed E-state index contributed by atoms with van der Waals surface area (Å²) in [6.07, 6.45) is -4.37. The Bertz CT molecular complexity index is 447. The Kier molecular flexibility index (Phi) is 6.48. The Morgan fingerprint density at radius 1 is 1.29 bits per heavy atom. The van der Waals surface area contributed by atoms with Gasteiger partial charge in [0.05, 0.1) is 12.2 Å². The van der Waals surface area contributed by atoms with E-state index in [0.29, 0.717) is 25.3 Å². The molecule has 0 radical (unpaired) electrons. The highest BCUT2D eigenvalue weighted by molar-refractivity contribution is 5.56. The minimum absolute atomic E-state index is 0.174. The maximum atomic E-state index is 13.2. The molecule has 0 spiro atoms. The molecule has 1 aromatic rings. The lowest BCUT2D eigenvalue weighted by molar-refractivity contribution is -0.137. The predicted octanol–water partition coefficient (Wildman–Crippen LogP) is 3.29. The summed E-state index contributed by atoms with van der Waals surface area (Å²) >= 11 is 0. The molecule has 0 atom stereocenters. The molecule has 1 rings (SSSR count). The topological polar surface area (TPSA) is 24.5 Å². The normalized spacial score (nSPS) is 12.0. The van der Waals surface area contributed by atoms with Crippen molar-refractivity contribution in [1.82, 2.24) is 5.32 Å². The Morgan fingerprint density at radius 3 is 2.48 bits per heavy atom. The highest BCUT2D eigenvalue weighted by Gasteiger charge is 2.34. The molecule has 0 saturated heterocycles. The second kappa shape index (κ2) is 7.66. The molecule has 0 amide bonds. The molecule has 0 saturated carbocycles. The van der Waals surface area contributed by atoms with Crippen molar-refractivity contribution in [3.05, 3.63) is 29.3 Å². The molecule has 0 unspecified atom stereocenters. The van der Waals surface area contributed by atoms with Crippen molar-refractivity contribution in [1.29, 1.82) is 0 Å². The van der Waals surface area contributed by atoms with Gasteiger partial charge in [-0.05, 0) is 17.7 Å². The molecule has 1 aromatic carbocycles. The SMILES string of the molecule is COCCN(C)c1ccc(CNC(C)C)cc1C(F)(F)F. The van der Waals surface area contributed by atoms with Crippen LogP contribution in [0.25, 0.3) is 0 Å². The number of hydrogen-bond acceptors (Lipinski definition) is 3. The van der Waals surface area contributed by atoms with Crippen molar-refractivity contribution in [3.8, 4) is 0 Å². The number of rotatable bonds is 7. The number of hydrogen-bond donors (Lipinski definition) is 1. The van der Waals surface area contributed by atoms with Crippen LogP contribution >= 0.6 is 0 Å². The smallest absolute Gasteiger partial charge is 0.383 e. The minimum Gasteiger partial charge on any atom is -0.383 e. The molecule has 3 nitrogen and oxygen atoms in total.